The predicted octanol–water partition coefficient (Wildman–Crippen LogP) is 4.98. The molecule has 0 aliphatic heterocycles. The third-order valence-corrected chi connectivity index (χ3v) is 4.18. The third-order valence-electron chi connectivity index (χ3n) is 3.88. The number of hydrogen-bond donors (Lipinski definition) is 0. The van der Waals surface area contributed by atoms with Crippen LogP contribution in [0.5, 0.6) is 11.5 Å². The Hall–Kier alpha value is -2.30. The molecule has 0 spiro atoms. The molecule has 26 heavy (non-hydrogen) atoms. The monoisotopic (exact) mass is 371 g/mol. The van der Waals surface area contributed by atoms with E-state index in [1.807, 2.05) is 56.3 Å². The van der Waals surface area contributed by atoms with E-state index in [0.717, 1.165) is 27.9 Å². The zero-order chi connectivity index (χ0) is 18.4. The summed E-state index contributed by atoms with van der Waals surface area (Å²) in [5, 5.41) is 1.68. The molecule has 5 heteroatoms. The second-order valence-corrected chi connectivity index (χ2v) is 6.43. The van der Waals surface area contributed by atoms with E-state index in [4.69, 9.17) is 25.8 Å². The lowest BCUT2D eigenvalue weighted by molar-refractivity contribution is 0.0767. The molecule has 0 amide bonds. The normalized spacial score (nSPS) is 10.9. The second kappa shape index (κ2) is 8.88. The lowest BCUT2D eigenvalue weighted by atomic mass is 10.2. The van der Waals surface area contributed by atoms with E-state index in [9.17, 15) is 0 Å². The highest BCUT2D eigenvalue weighted by atomic mass is 35.5. The maximum atomic E-state index is 6.13. The Labute approximate surface area is 158 Å². The smallest absolute Gasteiger partial charge is 0.145 e. The van der Waals surface area contributed by atoms with Crippen molar-refractivity contribution in [3.8, 4) is 11.5 Å². The third kappa shape index (κ3) is 4.87. The van der Waals surface area contributed by atoms with Crippen LogP contribution in [0.1, 0.15) is 11.3 Å². The van der Waals surface area contributed by atoms with Crippen LogP contribution in [0.3, 0.4) is 0 Å². The molecule has 3 rings (SSSR count). The highest BCUT2D eigenvalue weighted by Gasteiger charge is 2.04. The highest BCUT2D eigenvalue weighted by molar-refractivity contribution is 6.32. The number of ether oxygens (including phenoxy) is 3. The summed E-state index contributed by atoms with van der Waals surface area (Å²) in [6.45, 7) is 5.82. The van der Waals surface area contributed by atoms with Crippen LogP contribution in [0, 0.1) is 13.8 Å². The Morgan fingerprint density at radius 1 is 0.846 bits per heavy atom. The van der Waals surface area contributed by atoms with Crippen LogP contribution in [-0.4, -0.2) is 31.4 Å². The van der Waals surface area contributed by atoms with Gasteiger partial charge < -0.3 is 14.2 Å². The summed E-state index contributed by atoms with van der Waals surface area (Å²) in [5.41, 5.74) is 2.95. The number of nitrogens with zero attached hydrogens (tertiary/aromatic N) is 1. The molecule has 0 radical (unpaired) electrons. The van der Waals surface area contributed by atoms with Gasteiger partial charge in [-0.15, -0.1) is 0 Å². The van der Waals surface area contributed by atoms with Crippen LogP contribution >= 0.6 is 11.6 Å². The van der Waals surface area contributed by atoms with Gasteiger partial charge in [-0.1, -0.05) is 35.9 Å². The molecule has 3 aromatic rings. The SMILES string of the molecule is Cc1ccc(OCCOCCOc2cccc3ccc(C)nc23)c(Cl)c1. The second-order valence-electron chi connectivity index (χ2n) is 6.02. The fourth-order valence-electron chi connectivity index (χ4n) is 2.58. The minimum Gasteiger partial charge on any atom is -0.490 e. The molecule has 1 aromatic heterocycles. The van der Waals surface area contributed by atoms with Gasteiger partial charge in [-0.2, -0.15) is 0 Å². The van der Waals surface area contributed by atoms with Crippen LogP contribution in [0.4, 0.5) is 0 Å². The van der Waals surface area contributed by atoms with Crippen molar-refractivity contribution >= 4 is 22.5 Å². The fourth-order valence-corrected chi connectivity index (χ4v) is 2.87. The maximum absolute atomic E-state index is 6.13. The molecule has 136 valence electrons. The zero-order valence-electron chi connectivity index (χ0n) is 15.0. The molecule has 4 nitrogen and oxygen atoms in total. The minimum absolute atomic E-state index is 0.442. The van der Waals surface area contributed by atoms with Crippen LogP contribution in [0.15, 0.2) is 48.5 Å². The van der Waals surface area contributed by atoms with Crippen molar-refractivity contribution < 1.29 is 14.2 Å². The Morgan fingerprint density at radius 2 is 1.62 bits per heavy atom. The highest BCUT2D eigenvalue weighted by Crippen LogP contribution is 2.25. The summed E-state index contributed by atoms with van der Waals surface area (Å²) in [6.07, 6.45) is 0. The standard InChI is InChI=1S/C21H22ClNO3/c1-15-6-9-19(18(22)14-15)25-12-10-24-11-13-26-20-5-3-4-17-8-7-16(2)23-21(17)20/h3-9,14H,10-13H2,1-2H3. The topological polar surface area (TPSA) is 40.6 Å². The van der Waals surface area contributed by atoms with E-state index in [1.54, 1.807) is 0 Å². The summed E-state index contributed by atoms with van der Waals surface area (Å²) in [6, 6.07) is 15.7. The number of aromatic nitrogens is 1. The zero-order valence-corrected chi connectivity index (χ0v) is 15.8. The van der Waals surface area contributed by atoms with E-state index in [1.165, 1.54) is 0 Å². The first-order valence-corrected chi connectivity index (χ1v) is 8.97. The molecular weight excluding hydrogens is 350 g/mol. The van der Waals surface area contributed by atoms with Crippen molar-refractivity contribution in [1.82, 2.24) is 4.98 Å². The van der Waals surface area contributed by atoms with E-state index in [0.29, 0.717) is 37.2 Å². The van der Waals surface area contributed by atoms with Gasteiger partial charge in [0.15, 0.2) is 0 Å². The average molecular weight is 372 g/mol. The average Bonchev–Trinajstić information content (AvgIpc) is 2.62. The van der Waals surface area contributed by atoms with E-state index >= 15 is 0 Å². The van der Waals surface area contributed by atoms with Crippen molar-refractivity contribution in [3.05, 3.63) is 64.8 Å². The van der Waals surface area contributed by atoms with Gasteiger partial charge in [0.25, 0.3) is 0 Å². The Bertz CT molecular complexity index is 882. The molecule has 0 unspecified atom stereocenters. The number of rotatable bonds is 8. The number of benzene rings is 2. The number of fused-ring (bicyclic) bond motifs is 1. The first-order valence-electron chi connectivity index (χ1n) is 8.59. The van der Waals surface area contributed by atoms with Crippen molar-refractivity contribution in [1.29, 1.82) is 0 Å². The van der Waals surface area contributed by atoms with E-state index < -0.39 is 0 Å². The summed E-state index contributed by atoms with van der Waals surface area (Å²) in [5.74, 6) is 1.45. The number of hydrogen-bond acceptors (Lipinski definition) is 4. The molecule has 0 saturated heterocycles. The van der Waals surface area contributed by atoms with Gasteiger partial charge in [0.2, 0.25) is 0 Å². The largest absolute Gasteiger partial charge is 0.490 e. The molecule has 0 N–H and O–H groups in total. The van der Waals surface area contributed by atoms with E-state index in [-0.39, 0.29) is 0 Å². The van der Waals surface area contributed by atoms with Gasteiger partial charge in [0.1, 0.15) is 30.2 Å². The Morgan fingerprint density at radius 3 is 2.38 bits per heavy atom. The lowest BCUT2D eigenvalue weighted by Crippen LogP contribution is -2.12. The van der Waals surface area contributed by atoms with Crippen molar-refractivity contribution in [2.75, 3.05) is 26.4 Å². The van der Waals surface area contributed by atoms with Crippen LogP contribution in [-0.2, 0) is 4.74 Å². The molecule has 0 bridgehead atoms. The number of halogens is 1. The fraction of sp³-hybridized carbons (Fsp3) is 0.286. The van der Waals surface area contributed by atoms with Crippen molar-refractivity contribution in [2.45, 2.75) is 13.8 Å². The molecule has 2 aromatic carbocycles. The number of pyridine rings is 1. The molecule has 0 atom stereocenters. The van der Waals surface area contributed by atoms with Crippen LogP contribution < -0.4 is 9.47 Å². The quantitative estimate of drug-likeness (QED) is 0.523. The van der Waals surface area contributed by atoms with Gasteiger partial charge in [0, 0.05) is 11.1 Å². The molecule has 1 heterocycles. The Kier molecular flexibility index (Phi) is 6.31. The van der Waals surface area contributed by atoms with Crippen molar-refractivity contribution in [3.63, 3.8) is 0 Å². The van der Waals surface area contributed by atoms with Gasteiger partial charge in [-0.3, -0.25) is 0 Å². The Balaban J connectivity index is 1.40. The summed E-state index contributed by atoms with van der Waals surface area (Å²) in [7, 11) is 0. The number of para-hydroxylation sites is 1. The summed E-state index contributed by atoms with van der Waals surface area (Å²) >= 11 is 6.13. The molecule has 0 aliphatic carbocycles. The predicted molar refractivity (Wildman–Crippen MR) is 104 cm³/mol. The summed E-state index contributed by atoms with van der Waals surface area (Å²) < 4.78 is 17.0. The summed E-state index contributed by atoms with van der Waals surface area (Å²) in [4.78, 5) is 4.55. The first kappa shape index (κ1) is 18.5. The maximum Gasteiger partial charge on any atom is 0.145 e. The van der Waals surface area contributed by atoms with Gasteiger partial charge in [-0.05, 0) is 43.7 Å². The number of aryl methyl sites for hydroxylation is 2. The van der Waals surface area contributed by atoms with Gasteiger partial charge in [-0.25, -0.2) is 4.98 Å². The first-order chi connectivity index (χ1) is 12.6. The van der Waals surface area contributed by atoms with Crippen LogP contribution in [0.25, 0.3) is 10.9 Å². The van der Waals surface area contributed by atoms with Crippen molar-refractivity contribution in [2.24, 2.45) is 0 Å². The molecule has 0 saturated carbocycles. The van der Waals surface area contributed by atoms with Gasteiger partial charge >= 0.3 is 0 Å². The molecule has 0 fully saturated rings. The molecule has 0 aliphatic rings. The molecular formula is C21H22ClNO3. The van der Waals surface area contributed by atoms with Gasteiger partial charge in [0.05, 0.1) is 18.2 Å². The van der Waals surface area contributed by atoms with E-state index in [2.05, 4.69) is 11.1 Å². The lowest BCUT2D eigenvalue weighted by Gasteiger charge is -2.11. The minimum atomic E-state index is 0.442. The van der Waals surface area contributed by atoms with Crippen LogP contribution in [0.2, 0.25) is 5.02 Å².